The first-order valence-corrected chi connectivity index (χ1v) is 5.68. The van der Waals surface area contributed by atoms with Crippen molar-refractivity contribution in [2.45, 2.75) is 6.92 Å². The van der Waals surface area contributed by atoms with Crippen LogP contribution in [-0.4, -0.2) is 4.98 Å². The molecule has 3 heteroatoms. The normalized spacial score (nSPS) is 10.3. The number of pyridine rings is 1. The predicted molar refractivity (Wildman–Crippen MR) is 70.8 cm³/mol. The van der Waals surface area contributed by atoms with Crippen LogP contribution in [0, 0.1) is 6.92 Å². The third-order valence-corrected chi connectivity index (χ3v) is 3.46. The largest absolute Gasteiger partial charge is 0.288 e. The van der Waals surface area contributed by atoms with Crippen molar-refractivity contribution in [2.75, 3.05) is 0 Å². The lowest BCUT2D eigenvalue weighted by atomic mass is 10.2. The first-order valence-electron chi connectivity index (χ1n) is 4.86. The van der Waals surface area contributed by atoms with Crippen LogP contribution in [-0.2, 0) is 0 Å². The molecule has 0 spiro atoms. The Labute approximate surface area is 97.6 Å². The van der Waals surface area contributed by atoms with Gasteiger partial charge in [0.25, 0.3) is 0 Å². The second kappa shape index (κ2) is 4.02. The highest BCUT2D eigenvalue weighted by molar-refractivity contribution is 7.18. The molecule has 0 aliphatic heterocycles. The van der Waals surface area contributed by atoms with Gasteiger partial charge in [-0.1, -0.05) is 25.3 Å². The molecule has 0 N–H and O–H groups in total. The van der Waals surface area contributed by atoms with E-state index < -0.39 is 0 Å². The van der Waals surface area contributed by atoms with Gasteiger partial charge < -0.3 is 0 Å². The van der Waals surface area contributed by atoms with E-state index in [1.807, 2.05) is 19.1 Å². The Morgan fingerprint density at radius 3 is 2.69 bits per heavy atom. The van der Waals surface area contributed by atoms with Crippen molar-refractivity contribution in [2.24, 2.45) is 0 Å². The molecular weight excluding hydrogens is 218 g/mol. The van der Waals surface area contributed by atoms with Crippen LogP contribution >= 0.6 is 11.3 Å². The zero-order chi connectivity index (χ0) is 11.7. The number of hydrogen-bond acceptors (Lipinski definition) is 3. The third kappa shape index (κ3) is 1.59. The van der Waals surface area contributed by atoms with Gasteiger partial charge in [0.2, 0.25) is 0 Å². The van der Waals surface area contributed by atoms with Gasteiger partial charge in [-0.15, -0.1) is 11.3 Å². The van der Waals surface area contributed by atoms with Gasteiger partial charge in [0, 0.05) is 16.1 Å². The standard InChI is InChI=1S/C13H11NOS/c1-4-9-11(5-2)16-13-10(12(9)15)7-6-8(3)14-13/h4-7H,1-2H2,3H3. The second-order valence-corrected chi connectivity index (χ2v) is 4.45. The molecule has 2 aromatic heterocycles. The highest BCUT2D eigenvalue weighted by Gasteiger charge is 2.08. The van der Waals surface area contributed by atoms with Crippen LogP contribution in [0.4, 0.5) is 0 Å². The third-order valence-electron chi connectivity index (χ3n) is 2.35. The minimum atomic E-state index is -0.0221. The Kier molecular flexibility index (Phi) is 2.71. The van der Waals surface area contributed by atoms with Gasteiger partial charge in [-0.2, -0.15) is 0 Å². The summed E-state index contributed by atoms with van der Waals surface area (Å²) in [5.41, 5.74) is 1.49. The summed E-state index contributed by atoms with van der Waals surface area (Å²) in [5, 5.41) is 0.649. The van der Waals surface area contributed by atoms with Gasteiger partial charge in [-0.25, -0.2) is 4.98 Å². The minimum Gasteiger partial charge on any atom is -0.288 e. The van der Waals surface area contributed by atoms with Crippen molar-refractivity contribution in [3.8, 4) is 0 Å². The predicted octanol–water partition coefficient (Wildman–Crippen LogP) is 3.25. The molecule has 0 aliphatic carbocycles. The van der Waals surface area contributed by atoms with Gasteiger partial charge in [-0.05, 0) is 19.1 Å². The highest BCUT2D eigenvalue weighted by atomic mass is 32.1. The molecular formula is C13H11NOS. The first-order chi connectivity index (χ1) is 7.67. The molecule has 2 heterocycles. The number of hydrogen-bond donors (Lipinski definition) is 0. The minimum absolute atomic E-state index is 0.0221. The zero-order valence-electron chi connectivity index (χ0n) is 8.99. The average Bonchev–Trinajstić information content (AvgIpc) is 2.28. The van der Waals surface area contributed by atoms with Crippen molar-refractivity contribution in [3.63, 3.8) is 0 Å². The van der Waals surface area contributed by atoms with Crippen LogP contribution in [0.5, 0.6) is 0 Å². The Hall–Kier alpha value is -1.74. The quantitative estimate of drug-likeness (QED) is 0.791. The molecule has 16 heavy (non-hydrogen) atoms. The molecule has 0 saturated carbocycles. The van der Waals surface area contributed by atoms with Crippen LogP contribution in [0.3, 0.4) is 0 Å². The Morgan fingerprint density at radius 2 is 2.06 bits per heavy atom. The maximum absolute atomic E-state index is 12.1. The molecule has 2 rings (SSSR count). The molecule has 0 amide bonds. The molecule has 0 aromatic carbocycles. The van der Waals surface area contributed by atoms with E-state index in [1.165, 1.54) is 11.3 Å². The SMILES string of the molecule is C=Cc1sc2nc(C)ccc2c(=O)c1C=C. The molecule has 0 saturated heterocycles. The molecule has 0 radical (unpaired) electrons. The lowest BCUT2D eigenvalue weighted by Gasteiger charge is -2.02. The molecule has 0 fully saturated rings. The fourth-order valence-corrected chi connectivity index (χ4v) is 2.58. The molecule has 0 aliphatic rings. The molecule has 2 aromatic rings. The van der Waals surface area contributed by atoms with E-state index in [9.17, 15) is 4.79 Å². The Bertz CT molecular complexity index is 640. The maximum atomic E-state index is 12.1. The Balaban J connectivity index is 2.98. The Morgan fingerprint density at radius 1 is 1.31 bits per heavy atom. The van der Waals surface area contributed by atoms with E-state index in [1.54, 1.807) is 12.2 Å². The zero-order valence-corrected chi connectivity index (χ0v) is 9.80. The van der Waals surface area contributed by atoms with Gasteiger partial charge in [-0.3, -0.25) is 4.79 Å². The van der Waals surface area contributed by atoms with E-state index in [0.29, 0.717) is 10.9 Å². The molecule has 0 bridgehead atoms. The van der Waals surface area contributed by atoms with E-state index in [-0.39, 0.29) is 5.43 Å². The van der Waals surface area contributed by atoms with Crippen molar-refractivity contribution >= 4 is 33.7 Å². The van der Waals surface area contributed by atoms with Gasteiger partial charge in [0.15, 0.2) is 5.43 Å². The summed E-state index contributed by atoms with van der Waals surface area (Å²) < 4.78 is 0. The summed E-state index contributed by atoms with van der Waals surface area (Å²) in [5.74, 6) is 0. The summed E-state index contributed by atoms with van der Waals surface area (Å²) in [6.45, 7) is 9.28. The number of aryl methyl sites for hydroxylation is 1. The second-order valence-electron chi connectivity index (χ2n) is 3.42. The number of fused-ring (bicyclic) bond motifs is 1. The van der Waals surface area contributed by atoms with Crippen LogP contribution in [0.15, 0.2) is 30.1 Å². The smallest absolute Gasteiger partial charge is 0.197 e. The van der Waals surface area contributed by atoms with Crippen molar-refractivity contribution < 1.29 is 0 Å². The number of aromatic nitrogens is 1. The van der Waals surface area contributed by atoms with Crippen LogP contribution in [0.1, 0.15) is 16.1 Å². The fraction of sp³-hybridized carbons (Fsp3) is 0.0769. The van der Waals surface area contributed by atoms with Crippen molar-refractivity contribution in [3.05, 3.63) is 51.6 Å². The van der Waals surface area contributed by atoms with E-state index in [0.717, 1.165) is 15.4 Å². The van der Waals surface area contributed by atoms with Crippen LogP contribution in [0.2, 0.25) is 0 Å². The summed E-state index contributed by atoms with van der Waals surface area (Å²) in [6.07, 6.45) is 3.25. The topological polar surface area (TPSA) is 30.0 Å². The lowest BCUT2D eigenvalue weighted by Crippen LogP contribution is -2.06. The highest BCUT2D eigenvalue weighted by Crippen LogP contribution is 2.22. The average molecular weight is 229 g/mol. The van der Waals surface area contributed by atoms with E-state index in [4.69, 9.17) is 0 Å². The summed E-state index contributed by atoms with van der Waals surface area (Å²) >= 11 is 1.47. The maximum Gasteiger partial charge on any atom is 0.197 e. The molecule has 0 unspecified atom stereocenters. The molecule has 2 nitrogen and oxygen atoms in total. The summed E-state index contributed by atoms with van der Waals surface area (Å²) in [4.78, 5) is 18.0. The fourth-order valence-electron chi connectivity index (χ4n) is 1.54. The summed E-state index contributed by atoms with van der Waals surface area (Å²) in [7, 11) is 0. The number of rotatable bonds is 2. The van der Waals surface area contributed by atoms with Crippen molar-refractivity contribution in [1.29, 1.82) is 0 Å². The first kappa shape index (κ1) is 10.8. The van der Waals surface area contributed by atoms with E-state index >= 15 is 0 Å². The van der Waals surface area contributed by atoms with Gasteiger partial charge >= 0.3 is 0 Å². The molecule has 0 atom stereocenters. The van der Waals surface area contributed by atoms with E-state index in [2.05, 4.69) is 18.1 Å². The number of nitrogens with zero attached hydrogens (tertiary/aromatic N) is 1. The van der Waals surface area contributed by atoms with Crippen LogP contribution in [0.25, 0.3) is 22.4 Å². The summed E-state index contributed by atoms with van der Waals surface area (Å²) in [6, 6.07) is 3.66. The van der Waals surface area contributed by atoms with Gasteiger partial charge in [0.05, 0.1) is 5.39 Å². The van der Waals surface area contributed by atoms with Crippen molar-refractivity contribution in [1.82, 2.24) is 4.98 Å². The lowest BCUT2D eigenvalue weighted by molar-refractivity contribution is 1.27. The monoisotopic (exact) mass is 229 g/mol. The molecule has 80 valence electrons. The van der Waals surface area contributed by atoms with Gasteiger partial charge in [0.1, 0.15) is 4.83 Å². The van der Waals surface area contributed by atoms with Crippen LogP contribution < -0.4 is 5.43 Å².